The zero-order chi connectivity index (χ0) is 8.57. The van der Waals surface area contributed by atoms with Crippen molar-refractivity contribution in [2.24, 2.45) is 0 Å². The van der Waals surface area contributed by atoms with Crippen molar-refractivity contribution in [1.29, 1.82) is 0 Å². The van der Waals surface area contributed by atoms with E-state index in [-0.39, 0.29) is 32.3 Å². The molecule has 0 radical (unpaired) electrons. The van der Waals surface area contributed by atoms with E-state index in [9.17, 15) is 9.59 Å². The molecule has 0 aromatic rings. The van der Waals surface area contributed by atoms with Gasteiger partial charge in [0.1, 0.15) is 0 Å². The molecule has 0 aliphatic carbocycles. The van der Waals surface area contributed by atoms with Gasteiger partial charge >= 0.3 is 19.5 Å². The van der Waals surface area contributed by atoms with Crippen molar-refractivity contribution in [1.82, 2.24) is 0 Å². The first-order valence-corrected chi connectivity index (χ1v) is 2.56. The normalized spacial score (nSPS) is 6.73. The van der Waals surface area contributed by atoms with Crippen LogP contribution in [0.5, 0.6) is 0 Å². The molecule has 0 unspecified atom stereocenters. The average molecular weight is 212 g/mol. The molecule has 5 heteroatoms. The largest absolute Gasteiger partial charge is 2.00 e. The Morgan fingerprint density at radius 2 is 1.09 bits per heavy atom. The molecule has 0 aromatic heterocycles. The monoisotopic (exact) mass is 210 g/mol. The van der Waals surface area contributed by atoms with Crippen LogP contribution in [0, 0.1) is 13.8 Å². The minimum atomic E-state index is -0.856. The molecule has 0 saturated heterocycles. The van der Waals surface area contributed by atoms with Crippen LogP contribution in [0.4, 0.5) is 0 Å². The Morgan fingerprint density at radius 1 is 1.00 bits per heavy atom. The smallest absolute Gasteiger partial charge is 0.483 e. The van der Waals surface area contributed by atoms with E-state index in [2.05, 4.69) is 13.8 Å². The molecular formula is C6H10O4Zn. The van der Waals surface area contributed by atoms with Crippen molar-refractivity contribution in [3.63, 3.8) is 0 Å². The second-order valence-corrected chi connectivity index (χ2v) is 1.29. The fraction of sp³-hybridized carbons (Fsp3) is 0.333. The number of carboxylic acids is 2. The van der Waals surface area contributed by atoms with Gasteiger partial charge < -0.3 is 24.1 Å². The van der Waals surface area contributed by atoms with Crippen LogP contribution in [0.25, 0.3) is 0 Å². The fourth-order valence-corrected chi connectivity index (χ4v) is 0. The van der Waals surface area contributed by atoms with Crippen molar-refractivity contribution < 1.29 is 39.3 Å². The summed E-state index contributed by atoms with van der Waals surface area (Å²) in [6.45, 7) is 6.17. The second kappa shape index (κ2) is 12.3. The summed E-state index contributed by atoms with van der Waals surface area (Å²) in [7, 11) is 0. The van der Waals surface area contributed by atoms with Gasteiger partial charge in [-0.15, -0.1) is 0 Å². The maximum atomic E-state index is 9.31. The van der Waals surface area contributed by atoms with Gasteiger partial charge in [-0.05, 0) is 0 Å². The number of hydrogen-bond donors (Lipinski definition) is 2. The van der Waals surface area contributed by atoms with Crippen LogP contribution in [0.2, 0.25) is 0 Å². The van der Waals surface area contributed by atoms with Gasteiger partial charge in [0.2, 0.25) is 0 Å². The maximum absolute atomic E-state index is 9.31. The second-order valence-electron chi connectivity index (χ2n) is 1.29. The van der Waals surface area contributed by atoms with E-state index in [0.29, 0.717) is 0 Å². The average Bonchev–Trinajstić information content (AvgIpc) is 1.89. The Bertz CT molecular complexity index is 99.1. The molecule has 0 bridgehead atoms. The topological polar surface area (TPSA) is 74.6 Å². The molecule has 11 heavy (non-hydrogen) atoms. The van der Waals surface area contributed by atoms with Crippen LogP contribution in [0.3, 0.4) is 0 Å². The third-order valence-corrected chi connectivity index (χ3v) is 0.428. The van der Waals surface area contributed by atoms with E-state index in [1.54, 1.807) is 0 Å². The molecule has 2 N–H and O–H groups in total. The molecule has 0 aliphatic rings. The minimum absolute atomic E-state index is 0. The Hall–Kier alpha value is -0.437. The van der Waals surface area contributed by atoms with Gasteiger partial charge in [0.05, 0.1) is 0 Å². The van der Waals surface area contributed by atoms with E-state index < -0.39 is 11.9 Å². The predicted octanol–water partition coefficient (Wildman–Crippen LogP) is 0.588. The Morgan fingerprint density at radius 3 is 1.09 bits per heavy atom. The summed E-state index contributed by atoms with van der Waals surface area (Å²) in [5.41, 5.74) is 0. The van der Waals surface area contributed by atoms with Crippen LogP contribution < -0.4 is 0 Å². The van der Waals surface area contributed by atoms with E-state index in [1.807, 2.05) is 0 Å². The van der Waals surface area contributed by atoms with Crippen LogP contribution in [-0.4, -0.2) is 22.2 Å². The molecule has 0 heterocycles. The van der Waals surface area contributed by atoms with Crippen molar-refractivity contribution >= 4 is 11.9 Å². The van der Waals surface area contributed by atoms with Crippen LogP contribution in [0.15, 0.2) is 0 Å². The Kier molecular flexibility index (Phi) is 18.8. The van der Waals surface area contributed by atoms with Gasteiger partial charge in [0.25, 0.3) is 11.9 Å². The summed E-state index contributed by atoms with van der Waals surface area (Å²) in [4.78, 5) is 18.6. The molecule has 0 fully saturated rings. The standard InChI is InChI=1S/2C3H5O2.Zn/c2*1-2-3(4)5;/h2*1-2H2,(H,4,5);/q2*-1;+2. The van der Waals surface area contributed by atoms with Gasteiger partial charge in [-0.3, -0.25) is 9.59 Å². The molecular weight excluding hydrogens is 201 g/mol. The molecule has 0 aliphatic heterocycles. The Balaban J connectivity index is -0.000000107. The first-order chi connectivity index (χ1) is 4.54. The summed E-state index contributed by atoms with van der Waals surface area (Å²) in [6.07, 6.45) is -0.0556. The van der Waals surface area contributed by atoms with Gasteiger partial charge in [-0.25, -0.2) is 0 Å². The van der Waals surface area contributed by atoms with Crippen molar-refractivity contribution in [3.8, 4) is 0 Å². The maximum Gasteiger partial charge on any atom is 2.00 e. The van der Waals surface area contributed by atoms with Crippen LogP contribution in [-0.2, 0) is 29.1 Å². The summed E-state index contributed by atoms with van der Waals surface area (Å²) in [5, 5.41) is 15.3. The number of carbonyl (C=O) groups is 2. The van der Waals surface area contributed by atoms with E-state index in [0.717, 1.165) is 0 Å². The summed E-state index contributed by atoms with van der Waals surface area (Å²) >= 11 is 0. The van der Waals surface area contributed by atoms with E-state index >= 15 is 0 Å². The van der Waals surface area contributed by atoms with Gasteiger partial charge in [-0.1, -0.05) is 12.8 Å². The zero-order valence-corrected chi connectivity index (χ0v) is 9.21. The number of aliphatic carboxylic acids is 2. The predicted molar refractivity (Wildman–Crippen MR) is 35.2 cm³/mol. The first-order valence-electron chi connectivity index (χ1n) is 2.56. The quantitative estimate of drug-likeness (QED) is 0.518. The number of hydrogen-bond acceptors (Lipinski definition) is 2. The third kappa shape index (κ3) is 43.1. The summed E-state index contributed by atoms with van der Waals surface area (Å²) < 4.78 is 0. The molecule has 0 spiro atoms. The van der Waals surface area contributed by atoms with E-state index in [4.69, 9.17) is 10.2 Å². The van der Waals surface area contributed by atoms with Gasteiger partial charge in [-0.2, -0.15) is 0 Å². The van der Waals surface area contributed by atoms with Gasteiger partial charge in [0, 0.05) is 0 Å². The van der Waals surface area contributed by atoms with E-state index in [1.165, 1.54) is 0 Å². The van der Waals surface area contributed by atoms with Crippen molar-refractivity contribution in [2.45, 2.75) is 12.8 Å². The molecule has 4 nitrogen and oxygen atoms in total. The SMILES string of the molecule is [CH2-]CC(=O)O.[CH2-]CC(=O)O.[Zn+2]. The zero-order valence-electron chi connectivity index (χ0n) is 6.25. The van der Waals surface area contributed by atoms with Crippen molar-refractivity contribution in [2.75, 3.05) is 0 Å². The van der Waals surface area contributed by atoms with Crippen molar-refractivity contribution in [3.05, 3.63) is 13.8 Å². The van der Waals surface area contributed by atoms with Gasteiger partial charge in [0.15, 0.2) is 0 Å². The van der Waals surface area contributed by atoms with Crippen LogP contribution >= 0.6 is 0 Å². The minimum Gasteiger partial charge on any atom is -0.483 e. The number of carboxylic acid groups (broad SMARTS) is 2. The first kappa shape index (κ1) is 16.9. The molecule has 0 saturated carbocycles. The number of rotatable bonds is 2. The molecule has 0 amide bonds. The molecule has 0 aromatic carbocycles. The third-order valence-electron chi connectivity index (χ3n) is 0.428. The molecule has 0 rings (SSSR count). The Labute approximate surface area is 78.4 Å². The molecule has 0 atom stereocenters. The fourth-order valence-electron chi connectivity index (χ4n) is 0. The summed E-state index contributed by atoms with van der Waals surface area (Å²) in [6, 6.07) is 0. The molecule has 60 valence electrons. The van der Waals surface area contributed by atoms with Crippen LogP contribution in [0.1, 0.15) is 12.8 Å². The summed E-state index contributed by atoms with van der Waals surface area (Å²) in [5.74, 6) is -1.71.